The summed E-state index contributed by atoms with van der Waals surface area (Å²) in [6.07, 6.45) is 7.34. The van der Waals surface area contributed by atoms with Crippen molar-refractivity contribution in [3.8, 4) is 0 Å². The number of aliphatic hydroxyl groups is 2. The van der Waals surface area contributed by atoms with Crippen molar-refractivity contribution in [3.05, 3.63) is 23.8 Å². The van der Waals surface area contributed by atoms with E-state index in [1.54, 1.807) is 0 Å². The lowest BCUT2D eigenvalue weighted by molar-refractivity contribution is -0.160. The van der Waals surface area contributed by atoms with Gasteiger partial charge in [-0.15, -0.1) is 0 Å². The molecule has 0 aliphatic heterocycles. The zero-order valence-corrected chi connectivity index (χ0v) is 15.8. The number of rotatable bonds is 1. The molecule has 0 spiro atoms. The smallest absolute Gasteiger partial charge is 0.155 e. The average molecular weight is 344 g/mol. The molecule has 3 saturated carbocycles. The van der Waals surface area contributed by atoms with Gasteiger partial charge in [-0.2, -0.15) is 0 Å². The molecule has 4 rings (SSSR count). The number of hydrogen-bond donors (Lipinski definition) is 2. The van der Waals surface area contributed by atoms with Crippen molar-refractivity contribution in [1.29, 1.82) is 0 Å². The van der Waals surface area contributed by atoms with Gasteiger partial charge in [0.15, 0.2) is 5.78 Å². The molecule has 3 nitrogen and oxygen atoms in total. The fraction of sp³-hybridized carbons (Fsp3) is 0.773. The van der Waals surface area contributed by atoms with Gasteiger partial charge in [-0.3, -0.25) is 4.79 Å². The molecule has 0 aromatic rings. The number of fused-ring (bicyclic) bond motifs is 5. The molecule has 3 fully saturated rings. The topological polar surface area (TPSA) is 57.5 Å². The maximum Gasteiger partial charge on any atom is 0.155 e. The van der Waals surface area contributed by atoms with E-state index in [4.69, 9.17) is 0 Å². The van der Waals surface area contributed by atoms with Crippen LogP contribution in [0.2, 0.25) is 0 Å². The van der Waals surface area contributed by atoms with Crippen LogP contribution in [0.5, 0.6) is 0 Å². The van der Waals surface area contributed by atoms with Gasteiger partial charge in [0.05, 0.1) is 11.7 Å². The molecular formula is C22H32O3. The molecule has 138 valence electrons. The van der Waals surface area contributed by atoms with Gasteiger partial charge in [0.25, 0.3) is 0 Å². The minimum absolute atomic E-state index is 0.0541. The summed E-state index contributed by atoms with van der Waals surface area (Å²) >= 11 is 0. The molecule has 0 bridgehead atoms. The molecule has 25 heavy (non-hydrogen) atoms. The average Bonchev–Trinajstić information content (AvgIpc) is 2.80. The first-order valence-electron chi connectivity index (χ1n) is 9.94. The van der Waals surface area contributed by atoms with E-state index in [1.807, 2.05) is 13.0 Å². The van der Waals surface area contributed by atoms with Crippen LogP contribution >= 0.6 is 0 Å². The highest BCUT2D eigenvalue weighted by atomic mass is 16.3. The lowest BCUT2D eigenvalue weighted by Crippen LogP contribution is -2.60. The van der Waals surface area contributed by atoms with Crippen LogP contribution in [-0.2, 0) is 4.79 Å². The van der Waals surface area contributed by atoms with Gasteiger partial charge in [-0.05, 0) is 80.3 Å². The number of allylic oxidation sites excluding steroid dienone is 1. The molecule has 0 aromatic carbocycles. The molecule has 4 aliphatic carbocycles. The second-order valence-electron chi connectivity index (χ2n) is 9.76. The Labute approximate surface area is 151 Å². The first kappa shape index (κ1) is 17.5. The van der Waals surface area contributed by atoms with Crippen LogP contribution in [0.25, 0.3) is 0 Å². The summed E-state index contributed by atoms with van der Waals surface area (Å²) in [7, 11) is 0. The number of hydrogen-bond acceptors (Lipinski definition) is 3. The van der Waals surface area contributed by atoms with Gasteiger partial charge < -0.3 is 10.2 Å². The highest BCUT2D eigenvalue weighted by Gasteiger charge is 2.66. The van der Waals surface area contributed by atoms with Gasteiger partial charge in [-0.25, -0.2) is 0 Å². The Bertz CT molecular complexity index is 664. The van der Waals surface area contributed by atoms with Crippen molar-refractivity contribution in [2.45, 2.75) is 77.4 Å². The van der Waals surface area contributed by atoms with Crippen molar-refractivity contribution in [1.82, 2.24) is 0 Å². The van der Waals surface area contributed by atoms with Crippen LogP contribution in [0, 0.1) is 28.6 Å². The second-order valence-corrected chi connectivity index (χ2v) is 9.76. The molecule has 7 atom stereocenters. The molecule has 0 amide bonds. The summed E-state index contributed by atoms with van der Waals surface area (Å²) < 4.78 is 0. The van der Waals surface area contributed by atoms with Gasteiger partial charge >= 0.3 is 0 Å². The zero-order valence-electron chi connectivity index (χ0n) is 15.8. The van der Waals surface area contributed by atoms with Crippen molar-refractivity contribution < 1.29 is 15.0 Å². The maximum absolute atomic E-state index is 11.9. The van der Waals surface area contributed by atoms with Gasteiger partial charge in [0.1, 0.15) is 0 Å². The van der Waals surface area contributed by atoms with E-state index in [-0.39, 0.29) is 22.5 Å². The van der Waals surface area contributed by atoms with Crippen LogP contribution in [-0.4, -0.2) is 27.7 Å². The van der Waals surface area contributed by atoms with Crippen molar-refractivity contribution in [2.75, 3.05) is 0 Å². The SMILES string of the molecule is C=C(C)[C@]1(O)CC[C@@H]2[C@H]3CCC4=CC(=O)CC[C@]4(C)[C@@H]3[C@H](O)C[C@]21C. The monoisotopic (exact) mass is 344 g/mol. The van der Waals surface area contributed by atoms with Crippen LogP contribution in [0.3, 0.4) is 0 Å². The fourth-order valence-electron chi connectivity index (χ4n) is 7.39. The first-order chi connectivity index (χ1) is 11.6. The third-order valence-electron chi connectivity index (χ3n) is 8.75. The number of aliphatic hydroxyl groups excluding tert-OH is 1. The molecule has 2 N–H and O–H groups in total. The molecular weight excluding hydrogens is 312 g/mol. The van der Waals surface area contributed by atoms with Crippen LogP contribution in [0.4, 0.5) is 0 Å². The van der Waals surface area contributed by atoms with Gasteiger partial charge in [-0.1, -0.05) is 26.0 Å². The molecule has 0 unspecified atom stereocenters. The molecule has 3 heteroatoms. The Kier molecular flexibility index (Phi) is 3.70. The Morgan fingerprint density at radius 1 is 1.24 bits per heavy atom. The Morgan fingerprint density at radius 3 is 2.64 bits per heavy atom. The summed E-state index contributed by atoms with van der Waals surface area (Å²) in [4.78, 5) is 11.9. The van der Waals surface area contributed by atoms with E-state index < -0.39 is 11.7 Å². The van der Waals surface area contributed by atoms with Crippen LogP contribution in [0.15, 0.2) is 23.8 Å². The first-order valence-corrected chi connectivity index (χ1v) is 9.94. The van der Waals surface area contributed by atoms with Crippen molar-refractivity contribution in [2.24, 2.45) is 28.6 Å². The third kappa shape index (κ3) is 2.09. The lowest BCUT2D eigenvalue weighted by Gasteiger charge is -2.60. The highest BCUT2D eigenvalue weighted by Crippen LogP contribution is 2.68. The molecule has 0 saturated heterocycles. The highest BCUT2D eigenvalue weighted by molar-refractivity contribution is 5.91. The minimum Gasteiger partial charge on any atom is -0.393 e. The molecule has 0 radical (unpaired) electrons. The van der Waals surface area contributed by atoms with E-state index in [0.29, 0.717) is 24.7 Å². The Morgan fingerprint density at radius 2 is 1.96 bits per heavy atom. The summed E-state index contributed by atoms with van der Waals surface area (Å²) in [6.45, 7) is 10.5. The van der Waals surface area contributed by atoms with E-state index in [1.165, 1.54) is 5.57 Å². The summed E-state index contributed by atoms with van der Waals surface area (Å²) in [5.41, 5.74) is 0.904. The maximum atomic E-state index is 11.9. The third-order valence-corrected chi connectivity index (χ3v) is 8.75. The fourth-order valence-corrected chi connectivity index (χ4v) is 7.39. The van der Waals surface area contributed by atoms with E-state index >= 15 is 0 Å². The second kappa shape index (κ2) is 5.29. The molecule has 0 aromatic heterocycles. The summed E-state index contributed by atoms with van der Waals surface area (Å²) in [6, 6.07) is 0. The quantitative estimate of drug-likeness (QED) is 0.712. The minimum atomic E-state index is -0.858. The summed E-state index contributed by atoms with van der Waals surface area (Å²) in [5.74, 6) is 1.32. The van der Waals surface area contributed by atoms with E-state index in [2.05, 4.69) is 20.4 Å². The predicted octanol–water partition coefficient (Wildman–Crippen LogP) is 3.80. The standard InChI is InChI=1S/C22H32O3/c1-13(2)22(25)10-8-17-16-6-5-14-11-15(23)7-9-20(14,3)19(16)18(24)12-21(17,22)4/h11,16-19,24-25H,1,5-10,12H2,2-4H3/t16-,17-,18-,19+,20+,21-,22-/m1/s1. The van der Waals surface area contributed by atoms with Crippen LogP contribution in [0.1, 0.15) is 65.7 Å². The van der Waals surface area contributed by atoms with Gasteiger partial charge in [0.2, 0.25) is 0 Å². The molecule has 0 heterocycles. The van der Waals surface area contributed by atoms with Gasteiger partial charge in [0, 0.05) is 11.8 Å². The lowest BCUT2D eigenvalue weighted by atomic mass is 9.45. The van der Waals surface area contributed by atoms with Crippen molar-refractivity contribution >= 4 is 5.78 Å². The predicted molar refractivity (Wildman–Crippen MR) is 97.9 cm³/mol. The number of carbonyl (C=O) groups is 1. The van der Waals surface area contributed by atoms with Crippen molar-refractivity contribution in [3.63, 3.8) is 0 Å². The normalized spacial score (nSPS) is 52.0. The summed E-state index contributed by atoms with van der Waals surface area (Å²) in [5, 5.41) is 22.6. The van der Waals surface area contributed by atoms with Crippen LogP contribution < -0.4 is 0 Å². The van der Waals surface area contributed by atoms with E-state index in [0.717, 1.165) is 37.7 Å². The Balaban J connectivity index is 1.75. The largest absolute Gasteiger partial charge is 0.393 e. The Hall–Kier alpha value is -0.930. The number of ketones is 1. The van der Waals surface area contributed by atoms with E-state index in [9.17, 15) is 15.0 Å². The number of carbonyl (C=O) groups excluding carboxylic acids is 1. The molecule has 4 aliphatic rings. The zero-order chi connectivity index (χ0) is 18.2.